The van der Waals surface area contributed by atoms with Gasteiger partial charge >= 0.3 is 5.97 Å². The molecule has 2 atom stereocenters. The van der Waals surface area contributed by atoms with Crippen molar-refractivity contribution < 1.29 is 9.53 Å². The average molecular weight is 208 g/mol. The second-order valence-electron chi connectivity index (χ2n) is 4.41. The number of esters is 1. The van der Waals surface area contributed by atoms with Crippen LogP contribution in [0.2, 0.25) is 0 Å². The van der Waals surface area contributed by atoms with Crippen molar-refractivity contribution >= 4 is 5.97 Å². The zero-order valence-corrected chi connectivity index (χ0v) is 9.88. The molecule has 0 saturated carbocycles. The zero-order valence-electron chi connectivity index (χ0n) is 9.88. The lowest BCUT2D eigenvalue weighted by atomic mass is 9.86. The van der Waals surface area contributed by atoms with Gasteiger partial charge in [-0.2, -0.15) is 0 Å². The fourth-order valence-electron chi connectivity index (χ4n) is 1.71. The second kappa shape index (κ2) is 5.80. The van der Waals surface area contributed by atoms with E-state index in [1.165, 1.54) is 12.8 Å². The van der Waals surface area contributed by atoms with Crippen LogP contribution in [0.25, 0.3) is 0 Å². The quantitative estimate of drug-likeness (QED) is 0.403. The first-order chi connectivity index (χ1) is 7.16. The third-order valence-electron chi connectivity index (χ3n) is 2.71. The number of cyclic esters (lactones) is 1. The Morgan fingerprint density at radius 1 is 1.40 bits per heavy atom. The van der Waals surface area contributed by atoms with Crippen LogP contribution in [0.3, 0.4) is 0 Å². The standard InChI is InChI=1S/C13H20O2/c1-4-5-6-7-8-9-11-12(10(2)3)13(14)15-11/h10-12H,4-7H2,1-3H3. The number of ether oxygens (including phenoxy) is 1. The Morgan fingerprint density at radius 3 is 2.67 bits per heavy atom. The van der Waals surface area contributed by atoms with Gasteiger partial charge in [-0.1, -0.05) is 45.5 Å². The summed E-state index contributed by atoms with van der Waals surface area (Å²) in [5, 5.41) is 0. The third kappa shape index (κ3) is 3.27. The number of carbonyl (C=O) groups excluding carboxylic acids is 1. The van der Waals surface area contributed by atoms with E-state index in [-0.39, 0.29) is 18.0 Å². The Balaban J connectivity index is 2.30. The van der Waals surface area contributed by atoms with E-state index in [1.807, 2.05) is 13.8 Å². The lowest BCUT2D eigenvalue weighted by molar-refractivity contribution is -0.180. The van der Waals surface area contributed by atoms with E-state index in [4.69, 9.17) is 4.74 Å². The third-order valence-corrected chi connectivity index (χ3v) is 2.71. The van der Waals surface area contributed by atoms with Crippen molar-refractivity contribution in [1.29, 1.82) is 0 Å². The molecule has 1 saturated heterocycles. The minimum absolute atomic E-state index is 0.00340. The zero-order chi connectivity index (χ0) is 11.3. The monoisotopic (exact) mass is 208 g/mol. The normalized spacial score (nSPS) is 24.1. The molecule has 84 valence electrons. The van der Waals surface area contributed by atoms with E-state index in [1.54, 1.807) is 0 Å². The molecule has 2 heteroatoms. The van der Waals surface area contributed by atoms with Crippen LogP contribution < -0.4 is 0 Å². The molecule has 1 aliphatic heterocycles. The van der Waals surface area contributed by atoms with Gasteiger partial charge in [-0.15, -0.1) is 0 Å². The van der Waals surface area contributed by atoms with Gasteiger partial charge in [0.25, 0.3) is 0 Å². The summed E-state index contributed by atoms with van der Waals surface area (Å²) < 4.78 is 5.01. The first-order valence-electron chi connectivity index (χ1n) is 5.85. The molecule has 0 aromatic rings. The van der Waals surface area contributed by atoms with Crippen molar-refractivity contribution in [1.82, 2.24) is 0 Å². The molecule has 1 fully saturated rings. The van der Waals surface area contributed by atoms with Gasteiger partial charge in [0.1, 0.15) is 5.92 Å². The van der Waals surface area contributed by atoms with Gasteiger partial charge in [0, 0.05) is 6.42 Å². The number of carbonyl (C=O) groups is 1. The van der Waals surface area contributed by atoms with Crippen molar-refractivity contribution in [2.24, 2.45) is 11.8 Å². The summed E-state index contributed by atoms with van der Waals surface area (Å²) in [5.74, 6) is 6.40. The minimum Gasteiger partial charge on any atom is -0.448 e. The summed E-state index contributed by atoms with van der Waals surface area (Å²) in [7, 11) is 0. The highest BCUT2D eigenvalue weighted by Crippen LogP contribution is 2.28. The van der Waals surface area contributed by atoms with Crippen LogP contribution in [0.4, 0.5) is 0 Å². The molecule has 0 radical (unpaired) electrons. The van der Waals surface area contributed by atoms with Crippen molar-refractivity contribution in [2.45, 2.75) is 52.6 Å². The molecular weight excluding hydrogens is 188 g/mol. The topological polar surface area (TPSA) is 26.3 Å². The highest BCUT2D eigenvalue weighted by atomic mass is 16.6. The Kier molecular flexibility index (Phi) is 4.68. The maximum atomic E-state index is 11.1. The van der Waals surface area contributed by atoms with E-state index in [0.29, 0.717) is 5.92 Å². The van der Waals surface area contributed by atoms with Crippen LogP contribution in [-0.2, 0) is 9.53 Å². The molecule has 0 N–H and O–H groups in total. The van der Waals surface area contributed by atoms with Crippen LogP contribution in [0.1, 0.15) is 46.5 Å². The summed E-state index contributed by atoms with van der Waals surface area (Å²) in [6.45, 7) is 6.25. The predicted molar refractivity (Wildman–Crippen MR) is 60.1 cm³/mol. The summed E-state index contributed by atoms with van der Waals surface area (Å²) in [6.07, 6.45) is 4.38. The van der Waals surface area contributed by atoms with Crippen LogP contribution in [-0.4, -0.2) is 12.1 Å². The van der Waals surface area contributed by atoms with Gasteiger partial charge in [-0.05, 0) is 12.3 Å². The molecule has 2 unspecified atom stereocenters. The largest absolute Gasteiger partial charge is 0.448 e. The van der Waals surface area contributed by atoms with E-state index in [9.17, 15) is 4.79 Å². The maximum Gasteiger partial charge on any atom is 0.315 e. The molecule has 0 bridgehead atoms. The SMILES string of the molecule is CCCCCC#CC1OC(=O)C1C(C)C. The number of rotatable bonds is 4. The Hall–Kier alpha value is -0.970. The fourth-order valence-corrected chi connectivity index (χ4v) is 1.71. The first-order valence-corrected chi connectivity index (χ1v) is 5.85. The molecule has 0 amide bonds. The molecule has 2 nitrogen and oxygen atoms in total. The Labute approximate surface area is 92.4 Å². The van der Waals surface area contributed by atoms with Gasteiger partial charge in [0.05, 0.1) is 0 Å². The van der Waals surface area contributed by atoms with Crippen LogP contribution in [0.5, 0.6) is 0 Å². The average Bonchev–Trinajstić information content (AvgIpc) is 2.14. The van der Waals surface area contributed by atoms with Gasteiger partial charge in [-0.25, -0.2) is 0 Å². The summed E-state index contributed by atoms with van der Waals surface area (Å²) in [4.78, 5) is 11.1. The van der Waals surface area contributed by atoms with E-state index in [0.717, 1.165) is 12.8 Å². The van der Waals surface area contributed by atoms with Crippen LogP contribution >= 0.6 is 0 Å². The smallest absolute Gasteiger partial charge is 0.315 e. The van der Waals surface area contributed by atoms with Crippen molar-refractivity contribution in [3.63, 3.8) is 0 Å². The van der Waals surface area contributed by atoms with Gasteiger partial charge < -0.3 is 4.74 Å². The predicted octanol–water partition coefficient (Wildman–Crippen LogP) is 2.77. The summed E-state index contributed by atoms with van der Waals surface area (Å²) >= 11 is 0. The van der Waals surface area contributed by atoms with Crippen LogP contribution in [0, 0.1) is 23.7 Å². The molecule has 0 spiro atoms. The summed E-state index contributed by atoms with van der Waals surface area (Å²) in [6, 6.07) is 0. The van der Waals surface area contributed by atoms with E-state index in [2.05, 4.69) is 18.8 Å². The van der Waals surface area contributed by atoms with Crippen molar-refractivity contribution in [2.75, 3.05) is 0 Å². The Morgan fingerprint density at radius 2 is 2.13 bits per heavy atom. The van der Waals surface area contributed by atoms with Gasteiger partial charge in [0.2, 0.25) is 0 Å². The molecule has 0 aliphatic carbocycles. The number of hydrogen-bond donors (Lipinski definition) is 0. The fraction of sp³-hybridized carbons (Fsp3) is 0.769. The highest BCUT2D eigenvalue weighted by molar-refractivity contribution is 5.80. The number of unbranched alkanes of at least 4 members (excludes halogenated alkanes) is 3. The Bertz CT molecular complexity index is 270. The maximum absolute atomic E-state index is 11.1. The van der Waals surface area contributed by atoms with Crippen LogP contribution in [0.15, 0.2) is 0 Å². The molecule has 1 heterocycles. The van der Waals surface area contributed by atoms with E-state index < -0.39 is 0 Å². The molecular formula is C13H20O2. The van der Waals surface area contributed by atoms with Gasteiger partial charge in [0.15, 0.2) is 6.10 Å². The lowest BCUT2D eigenvalue weighted by Crippen LogP contribution is -2.47. The second-order valence-corrected chi connectivity index (χ2v) is 4.41. The highest BCUT2D eigenvalue weighted by Gasteiger charge is 2.43. The first kappa shape index (κ1) is 12.1. The van der Waals surface area contributed by atoms with Crippen molar-refractivity contribution in [3.8, 4) is 11.8 Å². The molecule has 15 heavy (non-hydrogen) atoms. The molecule has 1 aliphatic rings. The van der Waals surface area contributed by atoms with Crippen molar-refractivity contribution in [3.05, 3.63) is 0 Å². The minimum atomic E-state index is -0.140. The molecule has 0 aromatic heterocycles. The van der Waals surface area contributed by atoms with E-state index >= 15 is 0 Å². The summed E-state index contributed by atoms with van der Waals surface area (Å²) in [5.41, 5.74) is 0. The molecule has 0 aromatic carbocycles. The lowest BCUT2D eigenvalue weighted by Gasteiger charge is -2.34. The molecule has 1 rings (SSSR count). The number of hydrogen-bond acceptors (Lipinski definition) is 2. The van der Waals surface area contributed by atoms with Gasteiger partial charge in [-0.3, -0.25) is 4.79 Å².